The average Bonchev–Trinajstić information content (AvgIpc) is 2.55. The summed E-state index contributed by atoms with van der Waals surface area (Å²) in [7, 11) is 4.04. The van der Waals surface area contributed by atoms with E-state index < -0.39 is 0 Å². The Hall–Kier alpha value is -1.46. The van der Waals surface area contributed by atoms with Crippen LogP contribution >= 0.6 is 12.2 Å². The second-order valence-electron chi connectivity index (χ2n) is 4.31. The first kappa shape index (κ1) is 12.0. The van der Waals surface area contributed by atoms with Gasteiger partial charge in [-0.15, -0.1) is 0 Å². The van der Waals surface area contributed by atoms with Crippen LogP contribution in [0.1, 0.15) is 5.82 Å². The number of aromatic nitrogens is 2. The van der Waals surface area contributed by atoms with E-state index in [4.69, 9.17) is 18.0 Å². The molecule has 0 spiro atoms. The molecule has 2 N–H and O–H groups in total. The predicted molar refractivity (Wildman–Crippen MR) is 73.9 cm³/mol. The monoisotopic (exact) mass is 248 g/mol. The Bertz CT molecular complexity index is 544. The summed E-state index contributed by atoms with van der Waals surface area (Å²) in [5.74, 6) is 0.990. The van der Waals surface area contributed by atoms with E-state index in [9.17, 15) is 0 Å². The number of nitrogens with two attached hydrogens (primary N) is 1. The van der Waals surface area contributed by atoms with E-state index in [1.165, 1.54) is 0 Å². The number of imidazole rings is 1. The zero-order valence-electron chi connectivity index (χ0n) is 10.1. The highest BCUT2D eigenvalue weighted by atomic mass is 32.1. The van der Waals surface area contributed by atoms with Gasteiger partial charge in [0.15, 0.2) is 0 Å². The number of hydrogen-bond donors (Lipinski definition) is 1. The van der Waals surface area contributed by atoms with Crippen molar-refractivity contribution in [3.63, 3.8) is 0 Å². The summed E-state index contributed by atoms with van der Waals surface area (Å²) in [6, 6.07) is 8.03. The highest BCUT2D eigenvalue weighted by molar-refractivity contribution is 7.80. The van der Waals surface area contributed by atoms with Crippen LogP contribution in [0.3, 0.4) is 0 Å². The Morgan fingerprint density at radius 2 is 2.12 bits per heavy atom. The lowest BCUT2D eigenvalue weighted by molar-refractivity contribution is 0.385. The van der Waals surface area contributed by atoms with Gasteiger partial charge in [-0.05, 0) is 26.2 Å². The fourth-order valence-corrected chi connectivity index (χ4v) is 1.99. The molecular formula is C12H16N4S. The van der Waals surface area contributed by atoms with Gasteiger partial charge in [-0.3, -0.25) is 0 Å². The van der Waals surface area contributed by atoms with Crippen molar-refractivity contribution in [1.29, 1.82) is 0 Å². The lowest BCUT2D eigenvalue weighted by Gasteiger charge is -2.12. The van der Waals surface area contributed by atoms with Gasteiger partial charge < -0.3 is 15.2 Å². The first-order valence-corrected chi connectivity index (χ1v) is 5.86. The minimum atomic E-state index is 0.480. The van der Waals surface area contributed by atoms with E-state index in [0.717, 1.165) is 23.4 Å². The summed E-state index contributed by atoms with van der Waals surface area (Å²) in [6.07, 6.45) is 0. The van der Waals surface area contributed by atoms with E-state index in [0.29, 0.717) is 11.5 Å². The SMILES string of the molecule is CN(C)Cc1nc2ccccc2n1CC(N)=S. The number of thiocarbonyl (C=S) groups is 1. The van der Waals surface area contributed by atoms with E-state index in [1.807, 2.05) is 38.4 Å². The molecule has 5 heteroatoms. The fourth-order valence-electron chi connectivity index (χ4n) is 1.86. The molecule has 0 aliphatic heterocycles. The minimum Gasteiger partial charge on any atom is -0.392 e. The molecule has 0 saturated carbocycles. The number of nitrogens with zero attached hydrogens (tertiary/aromatic N) is 3. The van der Waals surface area contributed by atoms with E-state index >= 15 is 0 Å². The standard InChI is InChI=1S/C12H16N4S/c1-15(2)8-12-14-9-5-3-4-6-10(9)16(12)7-11(13)17/h3-6H,7-8H2,1-2H3,(H2,13,17). The molecule has 4 nitrogen and oxygen atoms in total. The van der Waals surface area contributed by atoms with Gasteiger partial charge in [0.1, 0.15) is 5.82 Å². The van der Waals surface area contributed by atoms with Crippen molar-refractivity contribution in [3.05, 3.63) is 30.1 Å². The molecule has 2 rings (SSSR count). The molecule has 0 atom stereocenters. The third-order valence-electron chi connectivity index (χ3n) is 2.51. The smallest absolute Gasteiger partial charge is 0.124 e. The minimum absolute atomic E-state index is 0.480. The van der Waals surface area contributed by atoms with Crippen LogP contribution in [0, 0.1) is 0 Å². The Morgan fingerprint density at radius 3 is 2.76 bits per heavy atom. The molecule has 0 unspecified atom stereocenters. The maximum Gasteiger partial charge on any atom is 0.124 e. The van der Waals surface area contributed by atoms with Crippen LogP contribution in [-0.4, -0.2) is 33.5 Å². The van der Waals surface area contributed by atoms with Crippen molar-refractivity contribution in [2.45, 2.75) is 13.1 Å². The van der Waals surface area contributed by atoms with Crippen molar-refractivity contribution < 1.29 is 0 Å². The van der Waals surface area contributed by atoms with Gasteiger partial charge >= 0.3 is 0 Å². The van der Waals surface area contributed by atoms with Crippen molar-refractivity contribution in [1.82, 2.24) is 14.5 Å². The predicted octanol–water partition coefficient (Wildman–Crippen LogP) is 1.38. The molecular weight excluding hydrogens is 232 g/mol. The molecule has 0 bridgehead atoms. The van der Waals surface area contributed by atoms with E-state index in [1.54, 1.807) is 0 Å². The Kier molecular flexibility index (Phi) is 3.40. The second-order valence-corrected chi connectivity index (χ2v) is 4.83. The molecule has 0 radical (unpaired) electrons. The molecule has 1 aromatic heterocycles. The summed E-state index contributed by atoms with van der Waals surface area (Å²) in [6.45, 7) is 1.32. The largest absolute Gasteiger partial charge is 0.392 e. The molecule has 0 amide bonds. The summed E-state index contributed by atoms with van der Waals surface area (Å²) in [4.78, 5) is 7.17. The van der Waals surface area contributed by atoms with Crippen LogP contribution in [0.2, 0.25) is 0 Å². The van der Waals surface area contributed by atoms with Crippen LogP contribution in [0.5, 0.6) is 0 Å². The topological polar surface area (TPSA) is 47.1 Å². The maximum atomic E-state index is 5.64. The second kappa shape index (κ2) is 4.81. The van der Waals surface area contributed by atoms with Crippen LogP contribution in [0.25, 0.3) is 11.0 Å². The lowest BCUT2D eigenvalue weighted by atomic mass is 10.3. The van der Waals surface area contributed by atoms with Gasteiger partial charge in [-0.1, -0.05) is 24.4 Å². The van der Waals surface area contributed by atoms with Crippen molar-refractivity contribution in [3.8, 4) is 0 Å². The van der Waals surface area contributed by atoms with Crippen molar-refractivity contribution in [2.75, 3.05) is 14.1 Å². The molecule has 1 heterocycles. The Morgan fingerprint density at radius 1 is 1.41 bits per heavy atom. The van der Waals surface area contributed by atoms with Crippen LogP contribution in [0.4, 0.5) is 0 Å². The first-order chi connectivity index (χ1) is 8.08. The lowest BCUT2D eigenvalue weighted by Crippen LogP contribution is -2.21. The van der Waals surface area contributed by atoms with Gasteiger partial charge in [0.25, 0.3) is 0 Å². The normalized spacial score (nSPS) is 11.2. The van der Waals surface area contributed by atoms with Crippen LogP contribution in [-0.2, 0) is 13.1 Å². The molecule has 17 heavy (non-hydrogen) atoms. The highest BCUT2D eigenvalue weighted by Crippen LogP contribution is 2.16. The Labute approximate surface area is 106 Å². The quantitative estimate of drug-likeness (QED) is 0.831. The summed E-state index contributed by atoms with van der Waals surface area (Å²) in [5, 5.41) is 0. The van der Waals surface area contributed by atoms with Gasteiger partial charge in [0.2, 0.25) is 0 Å². The molecule has 0 fully saturated rings. The number of fused-ring (bicyclic) bond motifs is 1. The average molecular weight is 248 g/mol. The maximum absolute atomic E-state index is 5.64. The molecule has 90 valence electrons. The van der Waals surface area contributed by atoms with Gasteiger partial charge in [-0.2, -0.15) is 0 Å². The van der Waals surface area contributed by atoms with E-state index in [2.05, 4.69) is 14.5 Å². The Balaban J connectivity index is 2.52. The third kappa shape index (κ3) is 2.62. The summed E-state index contributed by atoms with van der Waals surface area (Å²) < 4.78 is 2.08. The van der Waals surface area contributed by atoms with Crippen molar-refractivity contribution in [2.24, 2.45) is 5.73 Å². The summed E-state index contributed by atoms with van der Waals surface area (Å²) in [5.41, 5.74) is 7.71. The zero-order valence-corrected chi connectivity index (χ0v) is 10.9. The van der Waals surface area contributed by atoms with Gasteiger partial charge in [0.05, 0.1) is 29.1 Å². The fraction of sp³-hybridized carbons (Fsp3) is 0.333. The number of para-hydroxylation sites is 2. The van der Waals surface area contributed by atoms with Gasteiger partial charge in [0, 0.05) is 0 Å². The number of benzene rings is 1. The molecule has 1 aromatic carbocycles. The first-order valence-electron chi connectivity index (χ1n) is 5.45. The van der Waals surface area contributed by atoms with Gasteiger partial charge in [-0.25, -0.2) is 4.98 Å². The van der Waals surface area contributed by atoms with Crippen LogP contribution < -0.4 is 5.73 Å². The van der Waals surface area contributed by atoms with Crippen LogP contribution in [0.15, 0.2) is 24.3 Å². The van der Waals surface area contributed by atoms with Crippen molar-refractivity contribution >= 4 is 28.2 Å². The zero-order chi connectivity index (χ0) is 12.4. The molecule has 0 aliphatic carbocycles. The van der Waals surface area contributed by atoms with E-state index in [-0.39, 0.29) is 0 Å². The molecule has 0 saturated heterocycles. The number of hydrogen-bond acceptors (Lipinski definition) is 3. The highest BCUT2D eigenvalue weighted by Gasteiger charge is 2.11. The third-order valence-corrected chi connectivity index (χ3v) is 2.63. The molecule has 0 aliphatic rings. The molecule has 2 aromatic rings. The summed E-state index contributed by atoms with van der Waals surface area (Å²) >= 11 is 5.00. The number of rotatable bonds is 4.